The molecule has 4 heteroatoms. The van der Waals surface area contributed by atoms with Gasteiger partial charge in [-0.25, -0.2) is 9.07 Å². The fourth-order valence-electron chi connectivity index (χ4n) is 1.69. The van der Waals surface area contributed by atoms with Crippen LogP contribution in [0.2, 0.25) is 0 Å². The molecule has 1 aromatic carbocycles. The molecule has 0 amide bonds. The maximum Gasteiger partial charge on any atom is 0.125 e. The Morgan fingerprint density at radius 1 is 1.35 bits per heavy atom. The van der Waals surface area contributed by atoms with Crippen LogP contribution in [-0.4, -0.2) is 16.3 Å². The highest BCUT2D eigenvalue weighted by Gasteiger charge is 2.03. The molecule has 0 spiro atoms. The highest BCUT2D eigenvalue weighted by molar-refractivity contribution is 5.36. The normalized spacial score (nSPS) is 10.8. The fourth-order valence-corrected chi connectivity index (χ4v) is 1.69. The zero-order chi connectivity index (χ0) is 12.3. The minimum absolute atomic E-state index is 0.233. The molecule has 1 aromatic heterocycles. The van der Waals surface area contributed by atoms with Crippen LogP contribution in [0.4, 0.5) is 4.39 Å². The number of aryl methyl sites for hydroxylation is 1. The van der Waals surface area contributed by atoms with Gasteiger partial charge >= 0.3 is 0 Å². The lowest BCUT2D eigenvalue weighted by molar-refractivity contribution is 0.619. The molecule has 0 saturated heterocycles. The topological polar surface area (TPSA) is 29.9 Å². The summed E-state index contributed by atoms with van der Waals surface area (Å²) >= 11 is 0. The molecule has 0 aliphatic heterocycles. The molecule has 0 atom stereocenters. The quantitative estimate of drug-likeness (QED) is 0.879. The molecular formula is C13H16FN3. The van der Waals surface area contributed by atoms with Gasteiger partial charge in [0.05, 0.1) is 11.9 Å². The maximum absolute atomic E-state index is 13.5. The number of aromatic nitrogens is 2. The lowest BCUT2D eigenvalue weighted by Gasteiger charge is -2.06. The van der Waals surface area contributed by atoms with E-state index >= 15 is 0 Å². The number of rotatable bonds is 4. The van der Waals surface area contributed by atoms with E-state index in [9.17, 15) is 4.39 Å². The van der Waals surface area contributed by atoms with Crippen molar-refractivity contribution in [2.45, 2.75) is 20.4 Å². The second kappa shape index (κ2) is 5.10. The Morgan fingerprint density at radius 2 is 2.18 bits per heavy atom. The van der Waals surface area contributed by atoms with E-state index in [-0.39, 0.29) is 5.82 Å². The summed E-state index contributed by atoms with van der Waals surface area (Å²) in [6.45, 7) is 5.52. The van der Waals surface area contributed by atoms with Crippen molar-refractivity contribution in [1.29, 1.82) is 0 Å². The van der Waals surface area contributed by atoms with Crippen LogP contribution < -0.4 is 5.32 Å². The predicted octanol–water partition coefficient (Wildman–Crippen LogP) is 2.43. The molecule has 17 heavy (non-hydrogen) atoms. The Kier molecular flexibility index (Phi) is 3.54. The first-order valence-electron chi connectivity index (χ1n) is 5.71. The summed E-state index contributed by atoms with van der Waals surface area (Å²) < 4.78 is 15.2. The number of hydrogen-bond donors (Lipinski definition) is 1. The van der Waals surface area contributed by atoms with E-state index in [1.165, 1.54) is 6.07 Å². The van der Waals surface area contributed by atoms with Gasteiger partial charge in [0.2, 0.25) is 0 Å². The van der Waals surface area contributed by atoms with E-state index in [0.717, 1.165) is 23.4 Å². The van der Waals surface area contributed by atoms with Gasteiger partial charge < -0.3 is 5.32 Å². The number of halogens is 1. The van der Waals surface area contributed by atoms with Gasteiger partial charge in [-0.05, 0) is 42.8 Å². The average Bonchev–Trinajstić information content (AvgIpc) is 2.72. The molecule has 2 rings (SSSR count). The summed E-state index contributed by atoms with van der Waals surface area (Å²) in [7, 11) is 0. The summed E-state index contributed by atoms with van der Waals surface area (Å²) in [5.74, 6) is -0.233. The molecule has 2 aromatic rings. The van der Waals surface area contributed by atoms with Gasteiger partial charge in [-0.3, -0.25) is 0 Å². The van der Waals surface area contributed by atoms with E-state index < -0.39 is 0 Å². The van der Waals surface area contributed by atoms with Crippen LogP contribution in [0.25, 0.3) is 5.69 Å². The van der Waals surface area contributed by atoms with Crippen molar-refractivity contribution in [3.63, 3.8) is 0 Å². The predicted molar refractivity (Wildman–Crippen MR) is 65.6 cm³/mol. The van der Waals surface area contributed by atoms with Gasteiger partial charge in [-0.1, -0.05) is 6.92 Å². The van der Waals surface area contributed by atoms with Crippen LogP contribution in [-0.2, 0) is 6.54 Å². The third kappa shape index (κ3) is 2.91. The lowest BCUT2D eigenvalue weighted by Crippen LogP contribution is -2.12. The molecular weight excluding hydrogens is 217 g/mol. The lowest BCUT2D eigenvalue weighted by atomic mass is 10.2. The van der Waals surface area contributed by atoms with Crippen LogP contribution >= 0.6 is 0 Å². The van der Waals surface area contributed by atoms with E-state index in [2.05, 4.69) is 10.4 Å². The van der Waals surface area contributed by atoms with Gasteiger partial charge in [-0.2, -0.15) is 5.10 Å². The van der Waals surface area contributed by atoms with Crippen molar-refractivity contribution in [3.05, 3.63) is 47.5 Å². The van der Waals surface area contributed by atoms with Gasteiger partial charge in [0.1, 0.15) is 5.82 Å². The van der Waals surface area contributed by atoms with Crippen molar-refractivity contribution in [2.75, 3.05) is 6.54 Å². The molecule has 0 aliphatic carbocycles. The molecule has 0 saturated carbocycles. The zero-order valence-corrected chi connectivity index (χ0v) is 10.1. The van der Waals surface area contributed by atoms with Crippen LogP contribution in [0.1, 0.15) is 18.1 Å². The summed E-state index contributed by atoms with van der Waals surface area (Å²) in [6, 6.07) is 4.97. The molecule has 0 fully saturated rings. The number of benzene rings is 1. The van der Waals surface area contributed by atoms with Crippen LogP contribution in [0, 0.1) is 12.7 Å². The van der Waals surface area contributed by atoms with Crippen molar-refractivity contribution in [2.24, 2.45) is 0 Å². The van der Waals surface area contributed by atoms with Crippen molar-refractivity contribution < 1.29 is 4.39 Å². The highest BCUT2D eigenvalue weighted by atomic mass is 19.1. The Bertz CT molecular complexity index is 505. The Hall–Kier alpha value is -1.68. The molecule has 0 bridgehead atoms. The number of nitrogens with zero attached hydrogens (tertiary/aromatic N) is 2. The Balaban J connectivity index is 2.31. The minimum Gasteiger partial charge on any atom is -0.313 e. The molecule has 1 heterocycles. The average molecular weight is 233 g/mol. The van der Waals surface area contributed by atoms with Crippen LogP contribution in [0.3, 0.4) is 0 Å². The van der Waals surface area contributed by atoms with Gasteiger partial charge in [0.15, 0.2) is 0 Å². The van der Waals surface area contributed by atoms with E-state index in [4.69, 9.17) is 0 Å². The summed E-state index contributed by atoms with van der Waals surface area (Å²) in [4.78, 5) is 0. The zero-order valence-electron chi connectivity index (χ0n) is 10.1. The first kappa shape index (κ1) is 11.8. The van der Waals surface area contributed by atoms with E-state index in [0.29, 0.717) is 6.54 Å². The third-order valence-electron chi connectivity index (χ3n) is 2.50. The second-order valence-electron chi connectivity index (χ2n) is 4.06. The first-order valence-corrected chi connectivity index (χ1v) is 5.71. The molecule has 3 nitrogen and oxygen atoms in total. The molecule has 1 N–H and O–H groups in total. The number of nitrogens with one attached hydrogen (secondary N) is 1. The van der Waals surface area contributed by atoms with Crippen molar-refractivity contribution in [1.82, 2.24) is 15.1 Å². The Labute approximate surface area is 100 Å². The third-order valence-corrected chi connectivity index (χ3v) is 2.50. The Morgan fingerprint density at radius 3 is 2.82 bits per heavy atom. The molecule has 0 radical (unpaired) electrons. The monoisotopic (exact) mass is 233 g/mol. The first-order chi connectivity index (χ1) is 8.19. The molecule has 0 aliphatic rings. The highest BCUT2D eigenvalue weighted by Crippen LogP contribution is 2.13. The van der Waals surface area contributed by atoms with E-state index in [1.54, 1.807) is 16.9 Å². The minimum atomic E-state index is -0.233. The largest absolute Gasteiger partial charge is 0.313 e. The van der Waals surface area contributed by atoms with Gasteiger partial charge in [0.25, 0.3) is 0 Å². The second-order valence-corrected chi connectivity index (χ2v) is 4.06. The fraction of sp³-hybridized carbons (Fsp3) is 0.308. The van der Waals surface area contributed by atoms with Gasteiger partial charge in [-0.15, -0.1) is 0 Å². The van der Waals surface area contributed by atoms with Crippen molar-refractivity contribution >= 4 is 0 Å². The van der Waals surface area contributed by atoms with Crippen LogP contribution in [0.15, 0.2) is 30.6 Å². The van der Waals surface area contributed by atoms with Crippen LogP contribution in [0.5, 0.6) is 0 Å². The smallest absolute Gasteiger partial charge is 0.125 e. The molecule has 0 unspecified atom stereocenters. The maximum atomic E-state index is 13.5. The SMILES string of the molecule is CCNCc1cc(F)cc(-n2cc(C)cn2)c1. The number of hydrogen-bond acceptors (Lipinski definition) is 2. The summed E-state index contributed by atoms with van der Waals surface area (Å²) in [5.41, 5.74) is 2.74. The summed E-state index contributed by atoms with van der Waals surface area (Å²) in [6.07, 6.45) is 3.64. The molecule has 90 valence electrons. The van der Waals surface area contributed by atoms with E-state index in [1.807, 2.05) is 26.1 Å². The summed E-state index contributed by atoms with van der Waals surface area (Å²) in [5, 5.41) is 7.36. The van der Waals surface area contributed by atoms with Gasteiger partial charge in [0, 0.05) is 12.7 Å². The van der Waals surface area contributed by atoms with Crippen molar-refractivity contribution in [3.8, 4) is 5.69 Å². The standard InChI is InChI=1S/C13H16FN3/c1-3-15-8-11-4-12(14)6-13(5-11)17-9-10(2)7-16-17/h4-7,9,15H,3,8H2,1-2H3.